The van der Waals surface area contributed by atoms with Crippen LogP contribution in [0.5, 0.6) is 5.75 Å². The molecule has 0 unspecified atom stereocenters. The molecular weight excluding hydrogens is 312 g/mol. The number of amides is 1. The molecule has 0 aliphatic rings. The first-order chi connectivity index (χ1) is 10.6. The average molecular weight is 326 g/mol. The third-order valence-electron chi connectivity index (χ3n) is 2.88. The summed E-state index contributed by atoms with van der Waals surface area (Å²) in [6.07, 6.45) is -0.0377. The van der Waals surface area contributed by atoms with Crippen LogP contribution in [-0.4, -0.2) is 19.1 Å². The van der Waals surface area contributed by atoms with Gasteiger partial charge in [-0.3, -0.25) is 4.79 Å². The summed E-state index contributed by atoms with van der Waals surface area (Å²) in [5.74, 6) is -0.826. The highest BCUT2D eigenvalue weighted by Gasteiger charge is 2.07. The van der Waals surface area contributed by atoms with Crippen LogP contribution in [0.25, 0.3) is 0 Å². The predicted molar refractivity (Wildman–Crippen MR) is 80.0 cm³/mol. The molecule has 0 bridgehead atoms. The van der Waals surface area contributed by atoms with Crippen molar-refractivity contribution in [3.63, 3.8) is 0 Å². The van der Waals surface area contributed by atoms with Crippen LogP contribution in [-0.2, 0) is 11.2 Å². The summed E-state index contributed by atoms with van der Waals surface area (Å²) in [6, 6.07) is 9.90. The molecule has 0 aliphatic heterocycles. The van der Waals surface area contributed by atoms with E-state index in [1.54, 1.807) is 18.2 Å². The van der Waals surface area contributed by atoms with Gasteiger partial charge in [0.05, 0.1) is 18.0 Å². The van der Waals surface area contributed by atoms with Crippen molar-refractivity contribution in [2.75, 3.05) is 13.2 Å². The molecule has 0 radical (unpaired) electrons. The molecule has 1 amide bonds. The van der Waals surface area contributed by atoms with E-state index in [1.807, 2.05) is 0 Å². The Hall–Kier alpha value is -2.14. The van der Waals surface area contributed by atoms with Crippen molar-refractivity contribution in [3.8, 4) is 5.75 Å². The third kappa shape index (κ3) is 4.70. The molecule has 0 fully saturated rings. The van der Waals surface area contributed by atoms with Crippen molar-refractivity contribution in [2.45, 2.75) is 6.42 Å². The molecule has 0 heterocycles. The molecule has 116 valence electrons. The zero-order chi connectivity index (χ0) is 15.9. The van der Waals surface area contributed by atoms with E-state index < -0.39 is 11.6 Å². The van der Waals surface area contributed by atoms with Gasteiger partial charge in [-0.25, -0.2) is 8.78 Å². The summed E-state index contributed by atoms with van der Waals surface area (Å²) < 4.78 is 31.6. The maximum atomic E-state index is 13.4. The van der Waals surface area contributed by atoms with Gasteiger partial charge in [0.2, 0.25) is 5.91 Å². The van der Waals surface area contributed by atoms with Gasteiger partial charge in [-0.2, -0.15) is 0 Å². The van der Waals surface area contributed by atoms with Crippen molar-refractivity contribution < 1.29 is 18.3 Å². The van der Waals surface area contributed by atoms with Gasteiger partial charge in [0.25, 0.3) is 0 Å². The number of benzene rings is 2. The average Bonchev–Trinajstić information content (AvgIpc) is 2.48. The SMILES string of the molecule is O=C(Cc1ccccc1F)NCCOc1ccc(F)cc1Cl. The van der Waals surface area contributed by atoms with Crippen molar-refractivity contribution in [2.24, 2.45) is 0 Å². The van der Waals surface area contributed by atoms with Crippen LogP contribution >= 0.6 is 11.6 Å². The first-order valence-corrected chi connectivity index (χ1v) is 7.02. The maximum Gasteiger partial charge on any atom is 0.224 e. The van der Waals surface area contributed by atoms with Gasteiger partial charge >= 0.3 is 0 Å². The van der Waals surface area contributed by atoms with Gasteiger partial charge in [-0.05, 0) is 29.8 Å². The Kier molecular flexibility index (Phi) is 5.72. The lowest BCUT2D eigenvalue weighted by molar-refractivity contribution is -0.120. The summed E-state index contributed by atoms with van der Waals surface area (Å²) in [5, 5.41) is 2.78. The van der Waals surface area contributed by atoms with Crippen LogP contribution in [0.1, 0.15) is 5.56 Å². The number of ether oxygens (including phenoxy) is 1. The van der Waals surface area contributed by atoms with Gasteiger partial charge in [0.1, 0.15) is 24.0 Å². The van der Waals surface area contributed by atoms with Gasteiger partial charge in [-0.1, -0.05) is 29.8 Å². The van der Waals surface area contributed by atoms with Crippen LogP contribution in [0, 0.1) is 11.6 Å². The first-order valence-electron chi connectivity index (χ1n) is 6.64. The monoisotopic (exact) mass is 325 g/mol. The van der Waals surface area contributed by atoms with Gasteiger partial charge in [0, 0.05) is 0 Å². The standard InChI is InChI=1S/C16H14ClF2NO2/c17-13-10-12(18)5-6-15(13)22-8-7-20-16(21)9-11-3-1-2-4-14(11)19/h1-6,10H,7-9H2,(H,20,21). The minimum absolute atomic E-state index is 0.0377. The fraction of sp³-hybridized carbons (Fsp3) is 0.188. The van der Waals surface area contributed by atoms with E-state index in [-0.39, 0.29) is 30.5 Å². The molecule has 3 nitrogen and oxygen atoms in total. The van der Waals surface area contributed by atoms with Crippen molar-refractivity contribution >= 4 is 17.5 Å². The molecule has 0 spiro atoms. The molecule has 0 aliphatic carbocycles. The second-order valence-electron chi connectivity index (χ2n) is 4.54. The van der Waals surface area contributed by atoms with Crippen LogP contribution in [0.3, 0.4) is 0 Å². The minimum Gasteiger partial charge on any atom is -0.490 e. The van der Waals surface area contributed by atoms with E-state index in [4.69, 9.17) is 16.3 Å². The Bertz CT molecular complexity index is 664. The van der Waals surface area contributed by atoms with E-state index in [0.29, 0.717) is 11.3 Å². The molecule has 0 saturated carbocycles. The third-order valence-corrected chi connectivity index (χ3v) is 3.18. The van der Waals surface area contributed by atoms with E-state index in [1.165, 1.54) is 18.2 Å². The van der Waals surface area contributed by atoms with E-state index in [0.717, 1.165) is 6.07 Å². The highest BCUT2D eigenvalue weighted by molar-refractivity contribution is 6.32. The van der Waals surface area contributed by atoms with Crippen LogP contribution in [0.15, 0.2) is 42.5 Å². The Morgan fingerprint density at radius 3 is 2.68 bits per heavy atom. The summed E-state index contributed by atoms with van der Waals surface area (Å²) in [4.78, 5) is 11.7. The summed E-state index contributed by atoms with van der Waals surface area (Å²) in [5.41, 5.74) is 0.336. The Labute approximate surface area is 131 Å². The number of rotatable bonds is 6. The van der Waals surface area contributed by atoms with Crippen molar-refractivity contribution in [1.29, 1.82) is 0 Å². The maximum absolute atomic E-state index is 13.4. The van der Waals surface area contributed by atoms with E-state index >= 15 is 0 Å². The van der Waals surface area contributed by atoms with Gasteiger partial charge in [0.15, 0.2) is 0 Å². The summed E-state index contributed by atoms with van der Waals surface area (Å²) in [6.45, 7) is 0.412. The van der Waals surface area contributed by atoms with Crippen LogP contribution in [0.2, 0.25) is 5.02 Å². The van der Waals surface area contributed by atoms with E-state index in [9.17, 15) is 13.6 Å². The summed E-state index contributed by atoms with van der Waals surface area (Å²) in [7, 11) is 0. The predicted octanol–water partition coefficient (Wildman–Crippen LogP) is 3.36. The number of nitrogens with one attached hydrogen (secondary N) is 1. The number of hydrogen-bond acceptors (Lipinski definition) is 2. The topological polar surface area (TPSA) is 38.3 Å². The number of halogens is 3. The zero-order valence-electron chi connectivity index (χ0n) is 11.6. The molecule has 0 saturated heterocycles. The molecule has 1 N–H and O–H groups in total. The number of carbonyl (C=O) groups excluding carboxylic acids is 1. The minimum atomic E-state index is -0.449. The largest absolute Gasteiger partial charge is 0.490 e. The lowest BCUT2D eigenvalue weighted by Crippen LogP contribution is -2.29. The summed E-state index contributed by atoms with van der Waals surface area (Å²) >= 11 is 5.80. The Morgan fingerprint density at radius 1 is 1.18 bits per heavy atom. The molecule has 2 rings (SSSR count). The quantitative estimate of drug-likeness (QED) is 0.827. The van der Waals surface area contributed by atoms with Gasteiger partial charge in [-0.15, -0.1) is 0 Å². The van der Waals surface area contributed by atoms with Gasteiger partial charge < -0.3 is 10.1 Å². The number of carbonyl (C=O) groups is 1. The van der Waals surface area contributed by atoms with Crippen molar-refractivity contribution in [1.82, 2.24) is 5.32 Å². The molecule has 22 heavy (non-hydrogen) atoms. The molecule has 0 atom stereocenters. The Balaban J connectivity index is 1.74. The van der Waals surface area contributed by atoms with Crippen LogP contribution < -0.4 is 10.1 Å². The Morgan fingerprint density at radius 2 is 1.95 bits per heavy atom. The highest BCUT2D eigenvalue weighted by Crippen LogP contribution is 2.24. The normalized spacial score (nSPS) is 10.3. The second-order valence-corrected chi connectivity index (χ2v) is 4.95. The van der Waals surface area contributed by atoms with Crippen LogP contribution in [0.4, 0.5) is 8.78 Å². The fourth-order valence-corrected chi connectivity index (χ4v) is 2.04. The fourth-order valence-electron chi connectivity index (χ4n) is 1.82. The van der Waals surface area contributed by atoms with Crippen molar-refractivity contribution in [3.05, 3.63) is 64.7 Å². The highest BCUT2D eigenvalue weighted by atomic mass is 35.5. The molecule has 2 aromatic carbocycles. The second kappa shape index (κ2) is 7.75. The number of hydrogen-bond donors (Lipinski definition) is 1. The lowest BCUT2D eigenvalue weighted by atomic mass is 10.1. The smallest absolute Gasteiger partial charge is 0.224 e. The molecular formula is C16H14ClF2NO2. The molecule has 0 aromatic heterocycles. The molecule has 2 aromatic rings. The molecule has 6 heteroatoms. The zero-order valence-corrected chi connectivity index (χ0v) is 12.4. The lowest BCUT2D eigenvalue weighted by Gasteiger charge is -2.09. The van der Waals surface area contributed by atoms with E-state index in [2.05, 4.69) is 5.32 Å². The first kappa shape index (κ1) is 16.2.